The average molecular weight is 210 g/mol. The lowest BCUT2D eigenvalue weighted by atomic mass is 10.00. The SMILES string of the molecule is C=C(C)CN(CC)C(=O)C1CCNC1C. The van der Waals surface area contributed by atoms with Crippen molar-refractivity contribution in [3.63, 3.8) is 0 Å². The van der Waals surface area contributed by atoms with Gasteiger partial charge in [0.2, 0.25) is 5.91 Å². The Hall–Kier alpha value is -0.830. The molecule has 1 aliphatic rings. The highest BCUT2D eigenvalue weighted by molar-refractivity contribution is 5.80. The van der Waals surface area contributed by atoms with Crippen LogP contribution >= 0.6 is 0 Å². The third-order valence-corrected chi connectivity index (χ3v) is 3.00. The third-order valence-electron chi connectivity index (χ3n) is 3.00. The fourth-order valence-electron chi connectivity index (χ4n) is 2.10. The van der Waals surface area contributed by atoms with Crippen LogP contribution in [-0.4, -0.2) is 36.5 Å². The van der Waals surface area contributed by atoms with Crippen molar-refractivity contribution < 1.29 is 4.79 Å². The molecule has 2 atom stereocenters. The molecule has 0 aromatic heterocycles. The van der Waals surface area contributed by atoms with Gasteiger partial charge in [-0.15, -0.1) is 0 Å². The maximum absolute atomic E-state index is 12.2. The zero-order valence-electron chi connectivity index (χ0n) is 10.0. The summed E-state index contributed by atoms with van der Waals surface area (Å²) in [6.07, 6.45) is 0.965. The monoisotopic (exact) mass is 210 g/mol. The maximum Gasteiger partial charge on any atom is 0.227 e. The summed E-state index contributed by atoms with van der Waals surface area (Å²) in [5, 5.41) is 3.31. The highest BCUT2D eigenvalue weighted by atomic mass is 16.2. The minimum atomic E-state index is 0.157. The fraction of sp³-hybridized carbons (Fsp3) is 0.750. The van der Waals surface area contributed by atoms with Crippen LogP contribution in [0, 0.1) is 5.92 Å². The van der Waals surface area contributed by atoms with Gasteiger partial charge in [0.05, 0.1) is 5.92 Å². The zero-order valence-corrected chi connectivity index (χ0v) is 10.0. The number of amides is 1. The molecule has 0 radical (unpaired) electrons. The number of hydrogen-bond acceptors (Lipinski definition) is 2. The lowest BCUT2D eigenvalue weighted by Crippen LogP contribution is -2.40. The van der Waals surface area contributed by atoms with Crippen LogP contribution in [0.3, 0.4) is 0 Å². The molecule has 0 aromatic carbocycles. The van der Waals surface area contributed by atoms with E-state index >= 15 is 0 Å². The first-order valence-electron chi connectivity index (χ1n) is 5.72. The molecule has 1 aliphatic heterocycles. The van der Waals surface area contributed by atoms with Gasteiger partial charge in [-0.1, -0.05) is 12.2 Å². The van der Waals surface area contributed by atoms with E-state index in [-0.39, 0.29) is 11.8 Å². The Bertz CT molecular complexity index is 250. The van der Waals surface area contributed by atoms with E-state index in [4.69, 9.17) is 0 Å². The molecule has 86 valence electrons. The number of carbonyl (C=O) groups excluding carboxylic acids is 1. The molecule has 0 bridgehead atoms. The Morgan fingerprint density at radius 1 is 1.60 bits per heavy atom. The molecule has 1 rings (SSSR count). The van der Waals surface area contributed by atoms with Crippen molar-refractivity contribution in [3.8, 4) is 0 Å². The van der Waals surface area contributed by atoms with Crippen molar-refractivity contribution >= 4 is 5.91 Å². The molecule has 1 heterocycles. The van der Waals surface area contributed by atoms with Crippen molar-refractivity contribution in [2.45, 2.75) is 33.2 Å². The predicted octanol–water partition coefficient (Wildman–Crippen LogP) is 1.41. The summed E-state index contributed by atoms with van der Waals surface area (Å²) < 4.78 is 0. The molecule has 0 aliphatic carbocycles. The van der Waals surface area contributed by atoms with Crippen LogP contribution in [0.1, 0.15) is 27.2 Å². The Kier molecular flexibility index (Phi) is 4.33. The maximum atomic E-state index is 12.2. The highest BCUT2D eigenvalue weighted by Gasteiger charge is 2.31. The fourth-order valence-corrected chi connectivity index (χ4v) is 2.10. The Balaban J connectivity index is 2.59. The number of nitrogens with zero attached hydrogens (tertiary/aromatic N) is 1. The second-order valence-electron chi connectivity index (χ2n) is 4.45. The van der Waals surface area contributed by atoms with Crippen molar-refractivity contribution in [2.75, 3.05) is 19.6 Å². The number of rotatable bonds is 4. The smallest absolute Gasteiger partial charge is 0.227 e. The van der Waals surface area contributed by atoms with Crippen molar-refractivity contribution in [2.24, 2.45) is 5.92 Å². The van der Waals surface area contributed by atoms with E-state index in [0.717, 1.165) is 25.1 Å². The average Bonchev–Trinajstić information content (AvgIpc) is 2.59. The van der Waals surface area contributed by atoms with E-state index in [9.17, 15) is 4.79 Å². The van der Waals surface area contributed by atoms with Crippen LogP contribution in [0.25, 0.3) is 0 Å². The first kappa shape index (κ1) is 12.2. The van der Waals surface area contributed by atoms with Crippen molar-refractivity contribution in [1.82, 2.24) is 10.2 Å². The van der Waals surface area contributed by atoms with Crippen LogP contribution in [-0.2, 0) is 4.79 Å². The quantitative estimate of drug-likeness (QED) is 0.712. The highest BCUT2D eigenvalue weighted by Crippen LogP contribution is 2.18. The summed E-state index contributed by atoms with van der Waals surface area (Å²) in [7, 11) is 0. The summed E-state index contributed by atoms with van der Waals surface area (Å²) >= 11 is 0. The zero-order chi connectivity index (χ0) is 11.4. The first-order valence-corrected chi connectivity index (χ1v) is 5.72. The standard InChI is InChI=1S/C12H22N2O/c1-5-14(8-9(2)3)12(15)11-6-7-13-10(11)4/h10-11,13H,2,5-8H2,1,3-4H3. The third kappa shape index (κ3) is 3.06. The minimum absolute atomic E-state index is 0.157. The van der Waals surface area contributed by atoms with E-state index in [0.29, 0.717) is 12.6 Å². The molecular formula is C12H22N2O. The summed E-state index contributed by atoms with van der Waals surface area (Å²) in [6.45, 7) is 12.4. The molecule has 1 amide bonds. The normalized spacial score (nSPS) is 25.3. The van der Waals surface area contributed by atoms with Crippen LogP contribution < -0.4 is 5.32 Å². The molecule has 0 spiro atoms. The van der Waals surface area contributed by atoms with E-state index in [1.165, 1.54) is 0 Å². The minimum Gasteiger partial charge on any atom is -0.339 e. The second kappa shape index (κ2) is 5.31. The van der Waals surface area contributed by atoms with E-state index in [1.807, 2.05) is 18.7 Å². The first-order chi connectivity index (χ1) is 7.06. The van der Waals surface area contributed by atoms with Crippen molar-refractivity contribution in [1.29, 1.82) is 0 Å². The van der Waals surface area contributed by atoms with Crippen LogP contribution in [0.5, 0.6) is 0 Å². The molecular weight excluding hydrogens is 188 g/mol. The van der Waals surface area contributed by atoms with Gasteiger partial charge in [0.15, 0.2) is 0 Å². The summed E-state index contributed by atoms with van der Waals surface area (Å²) in [5.74, 6) is 0.433. The van der Waals surface area contributed by atoms with Gasteiger partial charge in [-0.2, -0.15) is 0 Å². The van der Waals surface area contributed by atoms with E-state index in [1.54, 1.807) is 0 Å². The largest absolute Gasteiger partial charge is 0.339 e. The molecule has 1 saturated heterocycles. The number of carbonyl (C=O) groups is 1. The van der Waals surface area contributed by atoms with Gasteiger partial charge in [0.25, 0.3) is 0 Å². The lowest BCUT2D eigenvalue weighted by molar-refractivity contribution is -0.135. The Morgan fingerprint density at radius 3 is 2.67 bits per heavy atom. The number of likely N-dealkylation sites (N-methyl/N-ethyl adjacent to an activating group) is 1. The topological polar surface area (TPSA) is 32.3 Å². The Labute approximate surface area is 92.5 Å². The second-order valence-corrected chi connectivity index (χ2v) is 4.45. The van der Waals surface area contributed by atoms with Gasteiger partial charge in [-0.05, 0) is 33.7 Å². The van der Waals surface area contributed by atoms with Gasteiger partial charge in [0, 0.05) is 19.1 Å². The van der Waals surface area contributed by atoms with Gasteiger partial charge in [-0.25, -0.2) is 0 Å². The van der Waals surface area contributed by atoms with Crippen LogP contribution in [0.2, 0.25) is 0 Å². The summed E-state index contributed by atoms with van der Waals surface area (Å²) in [4.78, 5) is 14.1. The van der Waals surface area contributed by atoms with E-state index < -0.39 is 0 Å². The van der Waals surface area contributed by atoms with Crippen molar-refractivity contribution in [3.05, 3.63) is 12.2 Å². The molecule has 3 heteroatoms. The molecule has 1 N–H and O–H groups in total. The van der Waals surface area contributed by atoms with Gasteiger partial charge in [0.1, 0.15) is 0 Å². The summed E-state index contributed by atoms with van der Waals surface area (Å²) in [6, 6.07) is 0.316. The number of nitrogens with one attached hydrogen (secondary N) is 1. The van der Waals surface area contributed by atoms with Gasteiger partial charge >= 0.3 is 0 Å². The van der Waals surface area contributed by atoms with Gasteiger partial charge < -0.3 is 10.2 Å². The van der Waals surface area contributed by atoms with Gasteiger partial charge in [-0.3, -0.25) is 4.79 Å². The van der Waals surface area contributed by atoms with E-state index in [2.05, 4.69) is 18.8 Å². The molecule has 15 heavy (non-hydrogen) atoms. The predicted molar refractivity (Wildman–Crippen MR) is 62.6 cm³/mol. The lowest BCUT2D eigenvalue weighted by Gasteiger charge is -2.26. The Morgan fingerprint density at radius 2 is 2.27 bits per heavy atom. The summed E-state index contributed by atoms with van der Waals surface area (Å²) in [5.41, 5.74) is 1.05. The molecule has 0 saturated carbocycles. The molecule has 3 nitrogen and oxygen atoms in total. The molecule has 0 aromatic rings. The molecule has 1 fully saturated rings. The van der Waals surface area contributed by atoms with Crippen LogP contribution in [0.4, 0.5) is 0 Å². The van der Waals surface area contributed by atoms with Crippen LogP contribution in [0.15, 0.2) is 12.2 Å². The number of hydrogen-bond donors (Lipinski definition) is 1. The molecule has 2 unspecified atom stereocenters.